The minimum atomic E-state index is -5.08. The number of halogens is 3. The van der Waals surface area contributed by atoms with Crippen LogP contribution in [0.2, 0.25) is 0 Å². The average Bonchev–Trinajstić information content (AvgIpc) is 3.27. The maximum Gasteiger partial charge on any atom is 0.490 e. The zero-order valence-electron chi connectivity index (χ0n) is 17.0. The first-order valence-corrected chi connectivity index (χ1v) is 9.76. The van der Waals surface area contributed by atoms with Gasteiger partial charge in [-0.05, 0) is 57.0 Å². The van der Waals surface area contributed by atoms with Gasteiger partial charge in [0.05, 0.1) is 7.11 Å². The van der Waals surface area contributed by atoms with Crippen LogP contribution in [-0.4, -0.2) is 82.9 Å². The van der Waals surface area contributed by atoms with Gasteiger partial charge in [-0.2, -0.15) is 13.2 Å². The maximum atomic E-state index is 12.8. The van der Waals surface area contributed by atoms with Crippen LogP contribution in [-0.2, 0) is 9.59 Å². The normalized spacial score (nSPS) is 21.7. The van der Waals surface area contributed by atoms with Crippen molar-refractivity contribution in [3.8, 4) is 5.75 Å². The van der Waals surface area contributed by atoms with Crippen molar-refractivity contribution < 1.29 is 42.5 Å². The summed E-state index contributed by atoms with van der Waals surface area (Å²) in [6.07, 6.45) is -1.38. The van der Waals surface area contributed by atoms with Crippen LogP contribution in [0.15, 0.2) is 24.3 Å². The molecular weight excluding hydrogens is 421 g/mol. The second-order valence-corrected chi connectivity index (χ2v) is 7.31. The first-order valence-electron chi connectivity index (χ1n) is 9.76. The predicted octanol–water partition coefficient (Wildman–Crippen LogP) is 2.48. The summed E-state index contributed by atoms with van der Waals surface area (Å²) in [7, 11) is 1.55. The van der Waals surface area contributed by atoms with Crippen molar-refractivity contribution in [1.82, 2.24) is 9.80 Å². The molecule has 1 amide bonds. The molecule has 1 aromatic rings. The van der Waals surface area contributed by atoms with Gasteiger partial charge in [0.2, 0.25) is 0 Å². The summed E-state index contributed by atoms with van der Waals surface area (Å²) in [4.78, 5) is 37.3. The fourth-order valence-corrected chi connectivity index (χ4v) is 3.78. The van der Waals surface area contributed by atoms with Gasteiger partial charge in [0.15, 0.2) is 0 Å². The number of piperidine rings is 1. The summed E-state index contributed by atoms with van der Waals surface area (Å²) in [5, 5.41) is 16.8. The Morgan fingerprint density at radius 3 is 2.23 bits per heavy atom. The van der Waals surface area contributed by atoms with E-state index in [0.717, 1.165) is 19.5 Å². The lowest BCUT2D eigenvalue weighted by atomic mass is 9.95. The van der Waals surface area contributed by atoms with Gasteiger partial charge in [0.25, 0.3) is 5.91 Å². The van der Waals surface area contributed by atoms with Crippen LogP contribution in [0.5, 0.6) is 5.75 Å². The molecule has 172 valence electrons. The van der Waals surface area contributed by atoms with E-state index < -0.39 is 24.2 Å². The fourth-order valence-electron chi connectivity index (χ4n) is 3.78. The molecule has 2 fully saturated rings. The number of carbonyl (C=O) groups is 3. The Hall–Kier alpha value is -2.82. The molecule has 0 saturated carbocycles. The molecule has 2 atom stereocenters. The number of rotatable bonds is 4. The summed E-state index contributed by atoms with van der Waals surface area (Å²) >= 11 is 0. The van der Waals surface area contributed by atoms with Crippen molar-refractivity contribution in [2.45, 2.75) is 43.9 Å². The molecule has 2 unspecified atom stereocenters. The molecule has 2 saturated heterocycles. The van der Waals surface area contributed by atoms with Crippen LogP contribution in [0.4, 0.5) is 13.2 Å². The third kappa shape index (κ3) is 6.58. The lowest BCUT2D eigenvalue weighted by molar-refractivity contribution is -0.192. The van der Waals surface area contributed by atoms with Gasteiger partial charge in [-0.25, -0.2) is 9.59 Å². The Morgan fingerprint density at radius 1 is 1.10 bits per heavy atom. The number of ether oxygens (including phenoxy) is 1. The van der Waals surface area contributed by atoms with Gasteiger partial charge in [-0.15, -0.1) is 0 Å². The number of carboxylic acid groups (broad SMARTS) is 2. The highest BCUT2D eigenvalue weighted by Gasteiger charge is 2.39. The molecule has 31 heavy (non-hydrogen) atoms. The van der Waals surface area contributed by atoms with Crippen LogP contribution in [0.3, 0.4) is 0 Å². The molecule has 0 radical (unpaired) electrons. The number of amides is 1. The van der Waals surface area contributed by atoms with Gasteiger partial charge in [0, 0.05) is 18.2 Å². The van der Waals surface area contributed by atoms with E-state index in [1.54, 1.807) is 31.4 Å². The number of alkyl halides is 3. The number of methoxy groups -OCH3 is 1. The SMILES string of the molecule is COc1cccc(C(=O)N2CCC(N3CCCC3)CC2C(=O)O)c1.O=C(O)C(F)(F)F. The number of benzene rings is 1. The standard InChI is InChI=1S/C18H24N2O4.C2HF3O2/c1-24-15-6-4-5-13(11-15)17(21)20-10-7-14(12-16(20)18(22)23)19-8-2-3-9-19;3-2(4,5)1(6)7/h4-6,11,14,16H,2-3,7-10,12H2,1H3,(H,22,23);(H,6,7). The summed E-state index contributed by atoms with van der Waals surface area (Å²) in [6.45, 7) is 2.57. The molecule has 2 N–H and O–H groups in total. The van der Waals surface area contributed by atoms with E-state index in [1.165, 1.54) is 17.7 Å². The molecular formula is C20H25F3N2O6. The lowest BCUT2D eigenvalue weighted by Gasteiger charge is -2.40. The van der Waals surface area contributed by atoms with Crippen molar-refractivity contribution in [1.29, 1.82) is 0 Å². The minimum Gasteiger partial charge on any atom is -0.497 e. The largest absolute Gasteiger partial charge is 0.497 e. The van der Waals surface area contributed by atoms with Crippen LogP contribution in [0, 0.1) is 0 Å². The molecule has 2 aliphatic rings. The summed E-state index contributed by atoms with van der Waals surface area (Å²) in [5.41, 5.74) is 0.472. The zero-order chi connectivity index (χ0) is 23.2. The second-order valence-electron chi connectivity index (χ2n) is 7.31. The Labute approximate surface area is 177 Å². The molecule has 0 bridgehead atoms. The first-order chi connectivity index (χ1) is 14.5. The highest BCUT2D eigenvalue weighted by atomic mass is 19.4. The van der Waals surface area contributed by atoms with Gasteiger partial charge < -0.3 is 24.7 Å². The van der Waals surface area contributed by atoms with E-state index >= 15 is 0 Å². The molecule has 0 spiro atoms. The molecule has 1 aromatic carbocycles. The summed E-state index contributed by atoms with van der Waals surface area (Å²) in [5.74, 6) is -3.32. The van der Waals surface area contributed by atoms with Gasteiger partial charge >= 0.3 is 18.1 Å². The van der Waals surface area contributed by atoms with E-state index in [4.69, 9.17) is 14.6 Å². The van der Waals surface area contributed by atoms with Crippen molar-refractivity contribution in [2.75, 3.05) is 26.7 Å². The van der Waals surface area contributed by atoms with Crippen LogP contribution in [0.1, 0.15) is 36.0 Å². The molecule has 11 heteroatoms. The number of hydrogen-bond donors (Lipinski definition) is 2. The molecule has 8 nitrogen and oxygen atoms in total. The maximum absolute atomic E-state index is 12.8. The number of nitrogens with zero attached hydrogens (tertiary/aromatic N) is 2. The number of hydrogen-bond acceptors (Lipinski definition) is 5. The molecule has 3 rings (SSSR count). The van der Waals surface area contributed by atoms with Gasteiger partial charge in [0.1, 0.15) is 11.8 Å². The van der Waals surface area contributed by atoms with Gasteiger partial charge in [-0.1, -0.05) is 6.07 Å². The second kappa shape index (κ2) is 10.5. The minimum absolute atomic E-state index is 0.235. The number of carboxylic acids is 2. The summed E-state index contributed by atoms with van der Waals surface area (Å²) < 4.78 is 36.9. The predicted molar refractivity (Wildman–Crippen MR) is 103 cm³/mol. The molecule has 0 aliphatic carbocycles. The fraction of sp³-hybridized carbons (Fsp3) is 0.550. The van der Waals surface area contributed by atoms with Crippen LogP contribution in [0.25, 0.3) is 0 Å². The zero-order valence-corrected chi connectivity index (χ0v) is 17.0. The van der Waals surface area contributed by atoms with Crippen LogP contribution >= 0.6 is 0 Å². The molecule has 0 aromatic heterocycles. The quantitative estimate of drug-likeness (QED) is 0.732. The Balaban J connectivity index is 0.000000423. The van der Waals surface area contributed by atoms with E-state index in [9.17, 15) is 27.9 Å². The molecule has 2 aliphatic heterocycles. The van der Waals surface area contributed by atoms with E-state index in [1.807, 2.05) is 0 Å². The van der Waals surface area contributed by atoms with E-state index in [0.29, 0.717) is 24.3 Å². The number of aliphatic carboxylic acids is 2. The third-order valence-corrected chi connectivity index (χ3v) is 5.34. The Morgan fingerprint density at radius 2 is 1.71 bits per heavy atom. The third-order valence-electron chi connectivity index (χ3n) is 5.34. The van der Waals surface area contributed by atoms with Crippen molar-refractivity contribution in [3.63, 3.8) is 0 Å². The Kier molecular flexibility index (Phi) is 8.26. The number of likely N-dealkylation sites (tertiary alicyclic amines) is 2. The van der Waals surface area contributed by atoms with Crippen molar-refractivity contribution >= 4 is 17.8 Å². The summed E-state index contributed by atoms with van der Waals surface area (Å²) in [6, 6.07) is 6.39. The van der Waals surface area contributed by atoms with Gasteiger partial charge in [-0.3, -0.25) is 4.79 Å². The smallest absolute Gasteiger partial charge is 0.490 e. The van der Waals surface area contributed by atoms with Crippen molar-refractivity contribution in [2.24, 2.45) is 0 Å². The van der Waals surface area contributed by atoms with Crippen LogP contribution < -0.4 is 4.74 Å². The monoisotopic (exact) mass is 446 g/mol. The average molecular weight is 446 g/mol. The van der Waals surface area contributed by atoms with Crippen molar-refractivity contribution in [3.05, 3.63) is 29.8 Å². The topological polar surface area (TPSA) is 107 Å². The lowest BCUT2D eigenvalue weighted by Crippen LogP contribution is -2.54. The molecule has 2 heterocycles. The van der Waals surface area contributed by atoms with E-state index in [-0.39, 0.29) is 11.9 Å². The Bertz CT molecular complexity index is 795. The highest BCUT2D eigenvalue weighted by Crippen LogP contribution is 2.27. The number of carbonyl (C=O) groups excluding carboxylic acids is 1. The first kappa shape index (κ1) is 24.4. The highest BCUT2D eigenvalue weighted by molar-refractivity contribution is 5.97. The van der Waals surface area contributed by atoms with E-state index in [2.05, 4.69) is 4.90 Å².